The van der Waals surface area contributed by atoms with Crippen LogP contribution in [0.3, 0.4) is 0 Å². The molecule has 0 amide bonds. The number of aromatic amines is 2. The Kier molecular flexibility index (Phi) is 6.13. The Hall–Kier alpha value is -3.98. The Morgan fingerprint density at radius 1 is 0.842 bits per heavy atom. The molecule has 0 unspecified atom stereocenters. The Morgan fingerprint density at radius 3 is 2.61 bits per heavy atom. The van der Waals surface area contributed by atoms with Crippen molar-refractivity contribution in [2.75, 3.05) is 44.2 Å². The molecule has 9 heteroatoms. The predicted molar refractivity (Wildman–Crippen MR) is 149 cm³/mol. The average Bonchev–Trinajstić information content (AvgIpc) is 3.73. The molecule has 2 aliphatic rings. The maximum atomic E-state index is 6.03. The number of nitrogens with zero attached hydrogens (tertiary/aromatic N) is 6. The van der Waals surface area contributed by atoms with Gasteiger partial charge in [-0.2, -0.15) is 5.10 Å². The number of piperidine rings is 1. The Morgan fingerprint density at radius 2 is 1.71 bits per heavy atom. The van der Waals surface area contributed by atoms with Crippen molar-refractivity contribution in [3.8, 4) is 28.4 Å². The average molecular weight is 509 g/mol. The highest BCUT2D eigenvalue weighted by Crippen LogP contribution is 2.34. The molecule has 0 bridgehead atoms. The molecule has 0 atom stereocenters. The lowest BCUT2D eigenvalue weighted by atomic mass is 10.1. The number of nitrogens with one attached hydrogen (secondary N) is 2. The number of rotatable bonds is 7. The standard InChI is InChI=1S/C29H32N8O/c1-2-10-37(11-3-1)29-23-16-26(33-24(23)6-7-31-29)28-22-15-25(32-19-27(22)34-35-28)20-14-21(18-30-17-20)38-13-12-36-8-4-5-9-36/h6-7,14-19,33H,1-5,8-13H2,(H,34,35). The number of fused-ring (bicyclic) bond motifs is 2. The van der Waals surface area contributed by atoms with Gasteiger partial charge in [0.1, 0.15) is 23.9 Å². The topological polar surface area (TPSA) is 98.8 Å². The molecule has 7 rings (SSSR count). The number of aromatic nitrogens is 6. The van der Waals surface area contributed by atoms with Crippen molar-refractivity contribution in [2.24, 2.45) is 0 Å². The van der Waals surface area contributed by atoms with E-state index < -0.39 is 0 Å². The van der Waals surface area contributed by atoms with Crippen LogP contribution >= 0.6 is 0 Å². The fourth-order valence-electron chi connectivity index (χ4n) is 5.74. The molecule has 5 aromatic heterocycles. The van der Waals surface area contributed by atoms with Crippen LogP contribution in [0.2, 0.25) is 0 Å². The van der Waals surface area contributed by atoms with Gasteiger partial charge in [0.25, 0.3) is 0 Å². The van der Waals surface area contributed by atoms with Crippen molar-refractivity contribution >= 4 is 27.6 Å². The van der Waals surface area contributed by atoms with Crippen molar-refractivity contribution < 1.29 is 4.74 Å². The zero-order valence-corrected chi connectivity index (χ0v) is 21.5. The normalized spacial score (nSPS) is 16.6. The summed E-state index contributed by atoms with van der Waals surface area (Å²) in [5.74, 6) is 1.82. The van der Waals surface area contributed by atoms with Gasteiger partial charge in [-0.05, 0) is 69.5 Å². The minimum Gasteiger partial charge on any atom is -0.491 e. The van der Waals surface area contributed by atoms with Gasteiger partial charge < -0.3 is 14.6 Å². The van der Waals surface area contributed by atoms with Gasteiger partial charge in [0.05, 0.1) is 34.8 Å². The predicted octanol–water partition coefficient (Wildman–Crippen LogP) is 5.03. The molecule has 0 aromatic carbocycles. The van der Waals surface area contributed by atoms with Gasteiger partial charge in [-0.15, -0.1) is 0 Å². The molecule has 0 saturated carbocycles. The Balaban J connectivity index is 1.18. The van der Waals surface area contributed by atoms with Crippen LogP contribution in [0.1, 0.15) is 32.1 Å². The van der Waals surface area contributed by atoms with Crippen LogP contribution in [0.5, 0.6) is 5.75 Å². The molecule has 2 fully saturated rings. The van der Waals surface area contributed by atoms with E-state index in [0.717, 1.165) is 75.7 Å². The zero-order chi connectivity index (χ0) is 25.3. The van der Waals surface area contributed by atoms with Gasteiger partial charge in [0, 0.05) is 48.4 Å². The largest absolute Gasteiger partial charge is 0.491 e. The summed E-state index contributed by atoms with van der Waals surface area (Å²) in [4.78, 5) is 22.3. The van der Waals surface area contributed by atoms with Gasteiger partial charge >= 0.3 is 0 Å². The first-order valence-corrected chi connectivity index (χ1v) is 13.7. The molecule has 0 spiro atoms. The van der Waals surface area contributed by atoms with E-state index in [4.69, 9.17) is 9.72 Å². The lowest BCUT2D eigenvalue weighted by Gasteiger charge is -2.28. The van der Waals surface area contributed by atoms with Crippen molar-refractivity contribution in [3.05, 3.63) is 49.1 Å². The summed E-state index contributed by atoms with van der Waals surface area (Å²) in [6.45, 7) is 6.07. The molecule has 9 nitrogen and oxygen atoms in total. The van der Waals surface area contributed by atoms with Crippen LogP contribution in [0.15, 0.2) is 49.1 Å². The van der Waals surface area contributed by atoms with Crippen LogP contribution in [0, 0.1) is 0 Å². The van der Waals surface area contributed by atoms with Crippen LogP contribution in [-0.4, -0.2) is 74.4 Å². The summed E-state index contributed by atoms with van der Waals surface area (Å²) in [7, 11) is 0. The number of pyridine rings is 3. The third-order valence-electron chi connectivity index (χ3n) is 7.77. The van der Waals surface area contributed by atoms with Gasteiger partial charge in [-0.25, -0.2) is 4.98 Å². The second-order valence-corrected chi connectivity index (χ2v) is 10.3. The van der Waals surface area contributed by atoms with E-state index in [-0.39, 0.29) is 0 Å². The van der Waals surface area contributed by atoms with Gasteiger partial charge in [-0.1, -0.05) is 0 Å². The van der Waals surface area contributed by atoms with E-state index in [0.29, 0.717) is 6.61 Å². The summed E-state index contributed by atoms with van der Waals surface area (Å²) in [5, 5.41) is 9.95. The molecule has 0 aliphatic carbocycles. The summed E-state index contributed by atoms with van der Waals surface area (Å²) < 4.78 is 6.03. The van der Waals surface area contributed by atoms with E-state index in [2.05, 4.69) is 47.1 Å². The second kappa shape index (κ2) is 10.1. The van der Waals surface area contributed by atoms with Crippen molar-refractivity contribution in [1.29, 1.82) is 0 Å². The quantitative estimate of drug-likeness (QED) is 0.318. The maximum Gasteiger partial charge on any atom is 0.138 e. The summed E-state index contributed by atoms with van der Waals surface area (Å²) >= 11 is 0. The number of likely N-dealkylation sites (tertiary alicyclic amines) is 1. The monoisotopic (exact) mass is 508 g/mol. The van der Waals surface area contributed by atoms with Crippen LogP contribution < -0.4 is 9.64 Å². The van der Waals surface area contributed by atoms with Crippen LogP contribution in [0.25, 0.3) is 44.5 Å². The molecule has 38 heavy (non-hydrogen) atoms. The maximum absolute atomic E-state index is 6.03. The fourth-order valence-corrected chi connectivity index (χ4v) is 5.74. The van der Waals surface area contributed by atoms with Gasteiger partial charge in [0.2, 0.25) is 0 Å². The third-order valence-corrected chi connectivity index (χ3v) is 7.77. The molecule has 2 N–H and O–H groups in total. The summed E-state index contributed by atoms with van der Waals surface area (Å²) in [6.07, 6.45) is 13.6. The highest BCUT2D eigenvalue weighted by Gasteiger charge is 2.19. The first kappa shape index (κ1) is 23.2. The van der Waals surface area contributed by atoms with E-state index in [1.807, 2.05) is 30.7 Å². The van der Waals surface area contributed by atoms with E-state index in [9.17, 15) is 0 Å². The zero-order valence-electron chi connectivity index (χ0n) is 21.5. The van der Waals surface area contributed by atoms with E-state index in [1.54, 1.807) is 6.20 Å². The summed E-state index contributed by atoms with van der Waals surface area (Å²) in [5.41, 5.74) is 5.56. The lowest BCUT2D eigenvalue weighted by Crippen LogP contribution is -2.30. The molecular weight excluding hydrogens is 476 g/mol. The van der Waals surface area contributed by atoms with Crippen molar-refractivity contribution in [3.63, 3.8) is 0 Å². The molecular formula is C29H32N8O. The number of ether oxygens (including phenoxy) is 1. The number of hydrogen-bond donors (Lipinski definition) is 2. The Labute approximate surface area is 221 Å². The van der Waals surface area contributed by atoms with Crippen LogP contribution in [-0.2, 0) is 0 Å². The molecule has 2 saturated heterocycles. The fraction of sp³-hybridized carbons (Fsp3) is 0.379. The molecule has 194 valence electrons. The third kappa shape index (κ3) is 4.47. The van der Waals surface area contributed by atoms with Crippen molar-refractivity contribution in [2.45, 2.75) is 32.1 Å². The summed E-state index contributed by atoms with van der Waals surface area (Å²) in [6, 6.07) is 8.31. The van der Waals surface area contributed by atoms with E-state index >= 15 is 0 Å². The van der Waals surface area contributed by atoms with E-state index in [1.165, 1.54) is 45.2 Å². The first-order valence-electron chi connectivity index (χ1n) is 13.7. The minimum atomic E-state index is 0.665. The number of anilines is 1. The smallest absolute Gasteiger partial charge is 0.138 e. The molecule has 5 aromatic rings. The highest BCUT2D eigenvalue weighted by atomic mass is 16.5. The highest BCUT2D eigenvalue weighted by molar-refractivity contribution is 5.99. The van der Waals surface area contributed by atoms with Gasteiger partial charge in [-0.3, -0.25) is 20.0 Å². The Bertz CT molecular complexity index is 1560. The van der Waals surface area contributed by atoms with Crippen molar-refractivity contribution in [1.82, 2.24) is 35.0 Å². The number of H-pyrrole nitrogens is 2. The van der Waals surface area contributed by atoms with Gasteiger partial charge in [0.15, 0.2) is 0 Å². The molecule has 0 radical (unpaired) electrons. The minimum absolute atomic E-state index is 0.665. The number of hydrogen-bond acceptors (Lipinski definition) is 7. The second-order valence-electron chi connectivity index (χ2n) is 10.3. The SMILES string of the molecule is c1cc2[nH]c(-c3n[nH]c4cnc(-c5cncc(OCCN6CCCC6)c5)cc34)cc2c(N2CCCCC2)n1. The van der Waals surface area contributed by atoms with Crippen LogP contribution in [0.4, 0.5) is 5.82 Å². The lowest BCUT2D eigenvalue weighted by molar-refractivity contribution is 0.237. The molecule has 2 aliphatic heterocycles. The molecule has 7 heterocycles. The first-order chi connectivity index (χ1) is 18.8.